The number of carbonyl (C=O) groups is 2. The lowest BCUT2D eigenvalue weighted by Gasteiger charge is -2.15. The number of ether oxygens (including phenoxy) is 2. The molecule has 0 saturated carbocycles. The largest absolute Gasteiger partial charge is 0.462 e. The van der Waals surface area contributed by atoms with Crippen LogP contribution in [0, 0.1) is 0 Å². The second-order valence-corrected chi connectivity index (χ2v) is 11.6. The van der Waals surface area contributed by atoms with E-state index in [-0.39, 0.29) is 31.6 Å². The highest BCUT2D eigenvalue weighted by atomic mass is 16.6. The summed E-state index contributed by atoms with van der Waals surface area (Å²) in [5, 5.41) is 9.51. The molecule has 0 amide bonds. The van der Waals surface area contributed by atoms with Gasteiger partial charge >= 0.3 is 11.9 Å². The number of hydrogen-bond acceptors (Lipinski definition) is 5. The molecule has 5 nitrogen and oxygen atoms in total. The summed E-state index contributed by atoms with van der Waals surface area (Å²) >= 11 is 0. The van der Waals surface area contributed by atoms with Crippen LogP contribution in [0.2, 0.25) is 0 Å². The second-order valence-electron chi connectivity index (χ2n) is 11.6. The van der Waals surface area contributed by atoms with Crippen molar-refractivity contribution in [2.45, 2.75) is 148 Å². The van der Waals surface area contributed by atoms with Crippen molar-refractivity contribution in [2.24, 2.45) is 0 Å². The summed E-state index contributed by atoms with van der Waals surface area (Å²) in [7, 11) is 0. The number of hydrogen-bond donors (Lipinski definition) is 1. The standard InChI is InChI=1S/C41H66O5/c1-3-5-7-9-11-13-15-17-18-19-20-21-22-24-25-27-29-31-33-35-40(43)45-38-39(37-42)46-41(44)36-34-32-30-28-26-23-16-14-12-10-8-6-4-2/h5,7,11,13-14,16-18,20-21,24-25,29,31,39,42H,3-4,6,8-10,12,15,19,22-23,26-28,30,32-38H2,1-2H3/t39-/m0/s1. The van der Waals surface area contributed by atoms with Gasteiger partial charge in [0.05, 0.1) is 6.61 Å². The SMILES string of the molecule is CCC=CCC=CCC=CCC=CCC=CCC=CCCC(=O)OC[C@H](CO)OC(=O)CCCCCCCC=CCCCCCC. The van der Waals surface area contributed by atoms with E-state index in [1.165, 1.54) is 44.9 Å². The van der Waals surface area contributed by atoms with Crippen molar-refractivity contribution in [3.05, 3.63) is 85.1 Å². The first-order valence-corrected chi connectivity index (χ1v) is 18.1. The van der Waals surface area contributed by atoms with Crippen molar-refractivity contribution in [2.75, 3.05) is 13.2 Å². The van der Waals surface area contributed by atoms with Crippen LogP contribution >= 0.6 is 0 Å². The van der Waals surface area contributed by atoms with Crippen molar-refractivity contribution in [3.63, 3.8) is 0 Å². The smallest absolute Gasteiger partial charge is 0.306 e. The highest BCUT2D eigenvalue weighted by Gasteiger charge is 2.15. The maximum Gasteiger partial charge on any atom is 0.306 e. The van der Waals surface area contributed by atoms with Crippen molar-refractivity contribution in [1.29, 1.82) is 0 Å². The molecule has 1 atom stereocenters. The van der Waals surface area contributed by atoms with Gasteiger partial charge in [-0.1, -0.05) is 137 Å². The molecule has 5 heteroatoms. The van der Waals surface area contributed by atoms with Gasteiger partial charge < -0.3 is 14.6 Å². The van der Waals surface area contributed by atoms with E-state index in [1.54, 1.807) is 0 Å². The molecule has 0 unspecified atom stereocenters. The fourth-order valence-electron chi connectivity index (χ4n) is 4.45. The van der Waals surface area contributed by atoms with Crippen LogP contribution in [0.25, 0.3) is 0 Å². The lowest BCUT2D eigenvalue weighted by atomic mass is 10.1. The molecule has 0 aromatic rings. The second kappa shape index (κ2) is 36.5. The number of rotatable bonds is 31. The Morgan fingerprint density at radius 2 is 0.978 bits per heavy atom. The molecule has 1 N–H and O–H groups in total. The van der Waals surface area contributed by atoms with E-state index < -0.39 is 6.10 Å². The predicted molar refractivity (Wildman–Crippen MR) is 196 cm³/mol. The van der Waals surface area contributed by atoms with Crippen LogP contribution in [0.3, 0.4) is 0 Å². The van der Waals surface area contributed by atoms with Crippen LogP contribution in [0.5, 0.6) is 0 Å². The molecule has 260 valence electrons. The number of unbranched alkanes of at least 4 members (excludes halogenated alkanes) is 9. The highest BCUT2D eigenvalue weighted by Crippen LogP contribution is 2.10. The number of aliphatic hydroxyl groups is 1. The predicted octanol–water partition coefficient (Wildman–Crippen LogP) is 11.2. The van der Waals surface area contributed by atoms with Gasteiger partial charge in [-0.3, -0.25) is 9.59 Å². The van der Waals surface area contributed by atoms with E-state index in [1.807, 2.05) is 12.2 Å². The maximum absolute atomic E-state index is 12.1. The molecule has 0 aliphatic heterocycles. The molecule has 0 aliphatic rings. The molecular weight excluding hydrogens is 572 g/mol. The Labute approximate surface area is 282 Å². The van der Waals surface area contributed by atoms with Gasteiger partial charge in [0, 0.05) is 12.8 Å². The maximum atomic E-state index is 12.1. The summed E-state index contributed by atoms with van der Waals surface area (Å²) in [6.45, 7) is 3.91. The number of allylic oxidation sites excluding steroid dienone is 14. The Balaban J connectivity index is 3.76. The molecule has 0 rings (SSSR count). The van der Waals surface area contributed by atoms with Gasteiger partial charge in [-0.2, -0.15) is 0 Å². The van der Waals surface area contributed by atoms with E-state index in [2.05, 4.69) is 86.8 Å². The highest BCUT2D eigenvalue weighted by molar-refractivity contribution is 5.70. The summed E-state index contributed by atoms with van der Waals surface area (Å²) in [5.74, 6) is -0.709. The summed E-state index contributed by atoms with van der Waals surface area (Å²) in [5.41, 5.74) is 0. The summed E-state index contributed by atoms with van der Waals surface area (Å²) in [6.07, 6.45) is 49.3. The summed E-state index contributed by atoms with van der Waals surface area (Å²) in [6, 6.07) is 0. The third kappa shape index (κ3) is 34.0. The molecule has 0 bridgehead atoms. The Bertz CT molecular complexity index is 906. The quantitative estimate of drug-likeness (QED) is 0.0465. The van der Waals surface area contributed by atoms with Crippen molar-refractivity contribution in [1.82, 2.24) is 0 Å². The van der Waals surface area contributed by atoms with E-state index in [9.17, 15) is 14.7 Å². The van der Waals surface area contributed by atoms with E-state index in [0.717, 1.165) is 64.2 Å². The third-order valence-corrected chi connectivity index (χ3v) is 7.19. The van der Waals surface area contributed by atoms with Gasteiger partial charge in [0.25, 0.3) is 0 Å². The summed E-state index contributed by atoms with van der Waals surface area (Å²) in [4.78, 5) is 24.1. The molecular formula is C41H66O5. The van der Waals surface area contributed by atoms with E-state index in [4.69, 9.17) is 9.47 Å². The average molecular weight is 639 g/mol. The van der Waals surface area contributed by atoms with Crippen LogP contribution in [0.4, 0.5) is 0 Å². The molecule has 0 fully saturated rings. The first-order chi connectivity index (χ1) is 22.6. The van der Waals surface area contributed by atoms with Crippen LogP contribution in [-0.2, 0) is 19.1 Å². The van der Waals surface area contributed by atoms with Crippen LogP contribution in [0.15, 0.2) is 85.1 Å². The minimum atomic E-state index is -0.809. The number of esters is 2. The first kappa shape index (κ1) is 43.1. The minimum absolute atomic E-state index is 0.114. The van der Waals surface area contributed by atoms with E-state index >= 15 is 0 Å². The van der Waals surface area contributed by atoms with Crippen LogP contribution in [0.1, 0.15) is 142 Å². The zero-order valence-corrected chi connectivity index (χ0v) is 29.3. The van der Waals surface area contributed by atoms with Gasteiger partial charge in [-0.15, -0.1) is 0 Å². The summed E-state index contributed by atoms with van der Waals surface area (Å²) < 4.78 is 10.5. The molecule has 0 aromatic carbocycles. The minimum Gasteiger partial charge on any atom is -0.462 e. The van der Waals surface area contributed by atoms with Gasteiger partial charge in [0.15, 0.2) is 6.10 Å². The van der Waals surface area contributed by atoms with Crippen molar-refractivity contribution >= 4 is 11.9 Å². The lowest BCUT2D eigenvalue weighted by Crippen LogP contribution is -2.28. The molecule has 0 aromatic heterocycles. The van der Waals surface area contributed by atoms with Gasteiger partial charge in [-0.25, -0.2) is 0 Å². The Morgan fingerprint density at radius 3 is 1.50 bits per heavy atom. The first-order valence-electron chi connectivity index (χ1n) is 18.1. The monoisotopic (exact) mass is 638 g/mol. The molecule has 0 saturated heterocycles. The molecule has 0 radical (unpaired) electrons. The Hall–Kier alpha value is -2.92. The average Bonchev–Trinajstić information content (AvgIpc) is 3.06. The Kier molecular flexibility index (Phi) is 34.2. The van der Waals surface area contributed by atoms with E-state index in [0.29, 0.717) is 12.8 Å². The molecule has 46 heavy (non-hydrogen) atoms. The number of aliphatic hydroxyl groups excluding tert-OH is 1. The normalized spacial score (nSPS) is 13.2. The van der Waals surface area contributed by atoms with Crippen LogP contribution < -0.4 is 0 Å². The molecule has 0 heterocycles. The molecule has 0 spiro atoms. The fraction of sp³-hybridized carbons (Fsp3) is 0.610. The van der Waals surface area contributed by atoms with Gasteiger partial charge in [-0.05, 0) is 77.0 Å². The fourth-order valence-corrected chi connectivity index (χ4v) is 4.45. The van der Waals surface area contributed by atoms with Crippen molar-refractivity contribution < 1.29 is 24.2 Å². The Morgan fingerprint density at radius 1 is 0.522 bits per heavy atom. The number of carbonyl (C=O) groups excluding carboxylic acids is 2. The third-order valence-electron chi connectivity index (χ3n) is 7.19. The molecule has 0 aliphatic carbocycles. The van der Waals surface area contributed by atoms with Crippen molar-refractivity contribution in [3.8, 4) is 0 Å². The lowest BCUT2D eigenvalue weighted by molar-refractivity contribution is -0.161. The topological polar surface area (TPSA) is 72.8 Å². The zero-order valence-electron chi connectivity index (χ0n) is 29.3. The van der Waals surface area contributed by atoms with Gasteiger partial charge in [0.1, 0.15) is 6.61 Å². The zero-order chi connectivity index (χ0) is 33.6. The van der Waals surface area contributed by atoms with Gasteiger partial charge in [0.2, 0.25) is 0 Å². The van der Waals surface area contributed by atoms with Crippen LogP contribution in [-0.4, -0.2) is 36.4 Å².